The summed E-state index contributed by atoms with van der Waals surface area (Å²) in [6.45, 7) is -0.307. The molecule has 1 atom stereocenters. The van der Waals surface area contributed by atoms with Crippen LogP contribution in [0.1, 0.15) is 55.8 Å². The molecule has 0 spiro atoms. The Morgan fingerprint density at radius 3 is 2.71 bits per heavy atom. The van der Waals surface area contributed by atoms with Gasteiger partial charge in [-0.3, -0.25) is 5.32 Å². The van der Waals surface area contributed by atoms with Crippen LogP contribution in [0.5, 0.6) is 0 Å². The van der Waals surface area contributed by atoms with Crippen LogP contribution in [-0.4, -0.2) is 22.6 Å². The summed E-state index contributed by atoms with van der Waals surface area (Å²) in [6, 6.07) is -0.493. The standard InChI is InChI=1S/C11H15F2N3O/c12-11(13)5-8(14-6-11)10-15-9(16-17-10)7-3-1-2-4-7/h7-8,14H,1-6H2/t8-/m0/s1. The average Bonchev–Trinajstić information content (AvgIpc) is 2.93. The van der Waals surface area contributed by atoms with Gasteiger partial charge >= 0.3 is 0 Å². The van der Waals surface area contributed by atoms with Gasteiger partial charge in [0.25, 0.3) is 5.92 Å². The quantitative estimate of drug-likeness (QED) is 0.866. The highest BCUT2D eigenvalue weighted by molar-refractivity contribution is 5.03. The highest BCUT2D eigenvalue weighted by Gasteiger charge is 2.42. The van der Waals surface area contributed by atoms with Crippen LogP contribution in [0.4, 0.5) is 8.78 Å². The fourth-order valence-electron chi connectivity index (χ4n) is 2.63. The number of rotatable bonds is 2. The Hall–Kier alpha value is -1.04. The van der Waals surface area contributed by atoms with Gasteiger partial charge in [-0.1, -0.05) is 18.0 Å². The summed E-state index contributed by atoms with van der Waals surface area (Å²) in [5.74, 6) is -1.31. The van der Waals surface area contributed by atoms with Gasteiger partial charge in [-0.05, 0) is 12.8 Å². The van der Waals surface area contributed by atoms with Crippen molar-refractivity contribution in [2.24, 2.45) is 0 Å². The lowest BCUT2D eigenvalue weighted by atomic mass is 10.1. The minimum atomic E-state index is -2.66. The molecule has 0 amide bonds. The van der Waals surface area contributed by atoms with Gasteiger partial charge in [-0.25, -0.2) is 8.78 Å². The number of hydrogen-bond donors (Lipinski definition) is 1. The zero-order valence-corrected chi connectivity index (χ0v) is 9.46. The molecule has 2 fully saturated rings. The van der Waals surface area contributed by atoms with Crippen LogP contribution in [0.25, 0.3) is 0 Å². The SMILES string of the molecule is FC1(F)CN[C@H](c2nc(C3CCCC3)no2)C1. The summed E-state index contributed by atoms with van der Waals surface area (Å²) in [5, 5.41) is 6.64. The Kier molecular flexibility index (Phi) is 2.61. The molecule has 0 radical (unpaired) electrons. The van der Waals surface area contributed by atoms with Crippen LogP contribution >= 0.6 is 0 Å². The van der Waals surface area contributed by atoms with Gasteiger partial charge in [0.05, 0.1) is 12.6 Å². The van der Waals surface area contributed by atoms with Crippen molar-refractivity contribution in [3.8, 4) is 0 Å². The lowest BCUT2D eigenvalue weighted by Gasteiger charge is -2.04. The molecule has 3 rings (SSSR count). The molecular weight excluding hydrogens is 228 g/mol. The van der Waals surface area contributed by atoms with Crippen molar-refractivity contribution >= 4 is 0 Å². The van der Waals surface area contributed by atoms with Crippen molar-refractivity contribution in [1.82, 2.24) is 15.5 Å². The number of hydrogen-bond acceptors (Lipinski definition) is 4. The van der Waals surface area contributed by atoms with E-state index in [4.69, 9.17) is 4.52 Å². The van der Waals surface area contributed by atoms with Crippen LogP contribution in [0.3, 0.4) is 0 Å². The maximum Gasteiger partial charge on any atom is 0.262 e. The molecule has 0 bridgehead atoms. The van der Waals surface area contributed by atoms with Crippen LogP contribution in [0.15, 0.2) is 4.52 Å². The Labute approximate surface area is 97.8 Å². The number of nitrogens with zero attached hydrogens (tertiary/aromatic N) is 2. The molecule has 17 heavy (non-hydrogen) atoms. The third kappa shape index (κ3) is 2.18. The molecule has 1 saturated heterocycles. The van der Waals surface area contributed by atoms with Crippen LogP contribution in [0, 0.1) is 0 Å². The lowest BCUT2D eigenvalue weighted by Crippen LogP contribution is -2.19. The first-order chi connectivity index (χ1) is 8.14. The number of aromatic nitrogens is 2. The number of halogens is 2. The van der Waals surface area contributed by atoms with Crippen molar-refractivity contribution in [2.75, 3.05) is 6.54 Å². The van der Waals surface area contributed by atoms with Gasteiger partial charge in [0, 0.05) is 12.3 Å². The summed E-state index contributed by atoms with van der Waals surface area (Å²) in [7, 11) is 0. The lowest BCUT2D eigenvalue weighted by molar-refractivity contribution is 0.0200. The minimum Gasteiger partial charge on any atom is -0.338 e. The fraction of sp³-hybridized carbons (Fsp3) is 0.818. The Morgan fingerprint density at radius 1 is 1.29 bits per heavy atom. The molecule has 1 aromatic heterocycles. The fourth-order valence-corrected chi connectivity index (χ4v) is 2.63. The molecule has 2 heterocycles. The Balaban J connectivity index is 1.72. The highest BCUT2D eigenvalue weighted by atomic mass is 19.3. The summed E-state index contributed by atoms with van der Waals surface area (Å²) in [6.07, 6.45) is 4.28. The molecule has 6 heteroatoms. The molecule has 1 aliphatic carbocycles. The van der Waals surface area contributed by atoms with Crippen LogP contribution < -0.4 is 5.32 Å². The van der Waals surface area contributed by atoms with Crippen molar-refractivity contribution in [3.63, 3.8) is 0 Å². The molecule has 0 aromatic carbocycles. The van der Waals surface area contributed by atoms with Crippen molar-refractivity contribution in [2.45, 2.75) is 50.0 Å². The second kappa shape index (κ2) is 4.01. The van der Waals surface area contributed by atoms with Gasteiger partial charge in [0.15, 0.2) is 5.82 Å². The summed E-state index contributed by atoms with van der Waals surface area (Å²) < 4.78 is 31.2. The van der Waals surface area contributed by atoms with E-state index < -0.39 is 12.0 Å². The van der Waals surface area contributed by atoms with E-state index in [-0.39, 0.29) is 13.0 Å². The smallest absolute Gasteiger partial charge is 0.262 e. The largest absolute Gasteiger partial charge is 0.338 e. The van der Waals surface area contributed by atoms with E-state index in [9.17, 15) is 8.78 Å². The molecule has 1 aromatic rings. The summed E-state index contributed by atoms with van der Waals surface area (Å²) >= 11 is 0. The predicted molar refractivity (Wildman–Crippen MR) is 55.8 cm³/mol. The summed E-state index contributed by atoms with van der Waals surface area (Å²) in [5.41, 5.74) is 0. The molecule has 4 nitrogen and oxygen atoms in total. The zero-order valence-electron chi connectivity index (χ0n) is 9.46. The molecule has 2 aliphatic rings. The van der Waals surface area contributed by atoms with Crippen molar-refractivity contribution in [1.29, 1.82) is 0 Å². The van der Waals surface area contributed by atoms with Gasteiger partial charge in [0.1, 0.15) is 0 Å². The first-order valence-electron chi connectivity index (χ1n) is 6.09. The number of nitrogens with one attached hydrogen (secondary N) is 1. The molecule has 1 N–H and O–H groups in total. The third-order valence-corrected chi connectivity index (χ3v) is 3.59. The Bertz CT molecular complexity index is 401. The van der Waals surface area contributed by atoms with E-state index in [1.54, 1.807) is 0 Å². The van der Waals surface area contributed by atoms with E-state index in [2.05, 4.69) is 15.5 Å². The van der Waals surface area contributed by atoms with Gasteiger partial charge < -0.3 is 4.52 Å². The van der Waals surface area contributed by atoms with Crippen molar-refractivity contribution in [3.05, 3.63) is 11.7 Å². The highest BCUT2D eigenvalue weighted by Crippen LogP contribution is 2.36. The van der Waals surface area contributed by atoms with Crippen LogP contribution in [-0.2, 0) is 0 Å². The minimum absolute atomic E-state index is 0.251. The van der Waals surface area contributed by atoms with E-state index in [0.29, 0.717) is 17.6 Å². The van der Waals surface area contributed by atoms with Gasteiger partial charge in [-0.15, -0.1) is 0 Å². The average molecular weight is 243 g/mol. The first-order valence-corrected chi connectivity index (χ1v) is 6.09. The monoisotopic (exact) mass is 243 g/mol. The van der Waals surface area contributed by atoms with E-state index in [1.807, 2.05) is 0 Å². The van der Waals surface area contributed by atoms with E-state index >= 15 is 0 Å². The third-order valence-electron chi connectivity index (χ3n) is 3.59. The molecule has 1 aliphatic heterocycles. The maximum atomic E-state index is 13.0. The molecule has 94 valence electrons. The van der Waals surface area contributed by atoms with Gasteiger partial charge in [0.2, 0.25) is 5.89 Å². The molecule has 0 unspecified atom stereocenters. The first kappa shape index (κ1) is 11.1. The Morgan fingerprint density at radius 2 is 2.06 bits per heavy atom. The van der Waals surface area contributed by atoms with E-state index in [1.165, 1.54) is 12.8 Å². The van der Waals surface area contributed by atoms with Crippen LogP contribution in [0.2, 0.25) is 0 Å². The second-order valence-corrected chi connectivity index (χ2v) is 4.97. The topological polar surface area (TPSA) is 51.0 Å². The molecular formula is C11H15F2N3O. The zero-order chi connectivity index (χ0) is 11.9. The van der Waals surface area contributed by atoms with Crippen molar-refractivity contribution < 1.29 is 13.3 Å². The van der Waals surface area contributed by atoms with Gasteiger partial charge in [-0.2, -0.15) is 4.98 Å². The number of alkyl halides is 2. The maximum absolute atomic E-state index is 13.0. The normalized spacial score (nSPS) is 28.9. The van der Waals surface area contributed by atoms with E-state index in [0.717, 1.165) is 12.8 Å². The predicted octanol–water partition coefficient (Wildman–Crippen LogP) is 2.40. The second-order valence-electron chi connectivity index (χ2n) is 4.97. The summed E-state index contributed by atoms with van der Waals surface area (Å²) in [4.78, 5) is 4.27. The molecule has 1 saturated carbocycles.